The summed E-state index contributed by atoms with van der Waals surface area (Å²) in [5, 5.41) is 1.37. The highest BCUT2D eigenvalue weighted by Crippen LogP contribution is 2.10. The van der Waals surface area contributed by atoms with Crippen LogP contribution in [0.1, 0.15) is 13.3 Å². The van der Waals surface area contributed by atoms with Crippen molar-refractivity contribution in [3.05, 3.63) is 12.3 Å². The minimum atomic E-state index is -0.310. The summed E-state index contributed by atoms with van der Waals surface area (Å²) in [6, 6.07) is -0.310. The first-order chi connectivity index (χ1) is 5.25. The number of esters is 1. The molecule has 1 atom stereocenters. The predicted molar refractivity (Wildman–Crippen MR) is 40.2 cm³/mol. The van der Waals surface area contributed by atoms with Crippen LogP contribution in [0.2, 0.25) is 0 Å². The van der Waals surface area contributed by atoms with E-state index in [1.54, 1.807) is 13.1 Å². The molecule has 1 rings (SSSR count). The first-order valence-electron chi connectivity index (χ1n) is 3.62. The Kier molecular flexibility index (Phi) is 2.48. The summed E-state index contributed by atoms with van der Waals surface area (Å²) in [5.74, 6) is 5.21. The fourth-order valence-electron chi connectivity index (χ4n) is 0.993. The predicted octanol–water partition coefficient (Wildman–Crippen LogP) is 0.0112. The van der Waals surface area contributed by atoms with Gasteiger partial charge in [-0.15, -0.1) is 0 Å². The topological polar surface area (TPSA) is 55.6 Å². The Balaban J connectivity index is 2.42. The second-order valence-corrected chi connectivity index (χ2v) is 2.34. The fraction of sp³-hybridized carbons (Fsp3) is 0.571. The van der Waals surface area contributed by atoms with Gasteiger partial charge in [0.25, 0.3) is 0 Å². The third-order valence-corrected chi connectivity index (χ3v) is 1.56. The van der Waals surface area contributed by atoms with Gasteiger partial charge in [0, 0.05) is 6.20 Å². The van der Waals surface area contributed by atoms with Crippen LogP contribution in [0, 0.1) is 0 Å². The van der Waals surface area contributed by atoms with Crippen molar-refractivity contribution in [3.63, 3.8) is 0 Å². The SMILES string of the molecule is CCOC(=O)C1CC=CN1N. The molecule has 0 aromatic carbocycles. The highest BCUT2D eigenvalue weighted by Gasteiger charge is 2.25. The summed E-state index contributed by atoms with van der Waals surface area (Å²) in [6.45, 7) is 2.18. The molecule has 0 fully saturated rings. The lowest BCUT2D eigenvalue weighted by atomic mass is 10.2. The maximum atomic E-state index is 11.1. The van der Waals surface area contributed by atoms with Crippen LogP contribution in [-0.2, 0) is 9.53 Å². The van der Waals surface area contributed by atoms with Crippen LogP contribution in [0.25, 0.3) is 0 Å². The smallest absolute Gasteiger partial charge is 0.330 e. The lowest BCUT2D eigenvalue weighted by molar-refractivity contribution is -0.148. The van der Waals surface area contributed by atoms with E-state index >= 15 is 0 Å². The van der Waals surface area contributed by atoms with Crippen molar-refractivity contribution < 1.29 is 9.53 Å². The van der Waals surface area contributed by atoms with Gasteiger partial charge >= 0.3 is 5.97 Å². The zero-order chi connectivity index (χ0) is 8.27. The zero-order valence-electron chi connectivity index (χ0n) is 6.49. The molecule has 4 heteroatoms. The van der Waals surface area contributed by atoms with Gasteiger partial charge in [-0.1, -0.05) is 6.08 Å². The second kappa shape index (κ2) is 3.39. The van der Waals surface area contributed by atoms with Crippen LogP contribution >= 0.6 is 0 Å². The van der Waals surface area contributed by atoms with Crippen LogP contribution < -0.4 is 5.84 Å². The van der Waals surface area contributed by atoms with E-state index in [9.17, 15) is 4.79 Å². The third kappa shape index (κ3) is 1.71. The normalized spacial score (nSPS) is 22.4. The van der Waals surface area contributed by atoms with Crippen molar-refractivity contribution in [2.75, 3.05) is 6.61 Å². The van der Waals surface area contributed by atoms with Gasteiger partial charge in [0.05, 0.1) is 6.61 Å². The maximum Gasteiger partial charge on any atom is 0.330 e. The molecule has 0 saturated carbocycles. The Bertz CT molecular complexity index is 179. The van der Waals surface area contributed by atoms with Gasteiger partial charge < -0.3 is 9.75 Å². The van der Waals surface area contributed by atoms with Crippen LogP contribution in [0.5, 0.6) is 0 Å². The molecule has 1 unspecified atom stereocenters. The Hall–Kier alpha value is -1.03. The highest BCUT2D eigenvalue weighted by molar-refractivity contribution is 5.76. The molecule has 2 N–H and O–H groups in total. The van der Waals surface area contributed by atoms with Gasteiger partial charge in [-0.05, 0) is 13.3 Å². The quantitative estimate of drug-likeness (QED) is 0.452. The van der Waals surface area contributed by atoms with E-state index in [-0.39, 0.29) is 12.0 Å². The summed E-state index contributed by atoms with van der Waals surface area (Å²) >= 11 is 0. The molecule has 1 aliphatic heterocycles. The monoisotopic (exact) mass is 156 g/mol. The molecular weight excluding hydrogens is 144 g/mol. The molecule has 0 bridgehead atoms. The minimum absolute atomic E-state index is 0.250. The van der Waals surface area contributed by atoms with Crippen LogP contribution in [-0.4, -0.2) is 23.6 Å². The number of hydrogen-bond donors (Lipinski definition) is 1. The lowest BCUT2D eigenvalue weighted by Gasteiger charge is -2.17. The van der Waals surface area contributed by atoms with Crippen molar-refractivity contribution in [1.82, 2.24) is 5.01 Å². The van der Waals surface area contributed by atoms with E-state index in [1.165, 1.54) is 5.01 Å². The molecule has 62 valence electrons. The molecule has 0 aliphatic carbocycles. The molecule has 0 spiro atoms. The summed E-state index contributed by atoms with van der Waals surface area (Å²) < 4.78 is 4.80. The number of rotatable bonds is 2. The lowest BCUT2D eigenvalue weighted by Crippen LogP contribution is -2.40. The number of nitrogens with two attached hydrogens (primary N) is 1. The van der Waals surface area contributed by atoms with Gasteiger partial charge in [-0.25, -0.2) is 10.6 Å². The molecular formula is C7H12N2O2. The number of hydrogen-bond acceptors (Lipinski definition) is 4. The Morgan fingerprint density at radius 3 is 3.09 bits per heavy atom. The van der Waals surface area contributed by atoms with Crippen molar-refractivity contribution in [1.29, 1.82) is 0 Å². The zero-order valence-corrected chi connectivity index (χ0v) is 6.49. The number of nitrogens with zero attached hydrogens (tertiary/aromatic N) is 1. The van der Waals surface area contributed by atoms with Crippen LogP contribution in [0.4, 0.5) is 0 Å². The molecule has 1 aliphatic rings. The van der Waals surface area contributed by atoms with E-state index in [1.807, 2.05) is 6.08 Å². The Morgan fingerprint density at radius 1 is 1.91 bits per heavy atom. The molecule has 1 heterocycles. The maximum absolute atomic E-state index is 11.1. The van der Waals surface area contributed by atoms with Crippen LogP contribution in [0.3, 0.4) is 0 Å². The average molecular weight is 156 g/mol. The molecule has 0 aromatic heterocycles. The standard InChI is InChI=1S/C7H12N2O2/c1-2-11-7(10)6-4-3-5-9(6)8/h3,5-6H,2,4,8H2,1H3. The van der Waals surface area contributed by atoms with Crippen LogP contribution in [0.15, 0.2) is 12.3 Å². The van der Waals surface area contributed by atoms with E-state index in [4.69, 9.17) is 10.6 Å². The number of ether oxygens (including phenoxy) is 1. The second-order valence-electron chi connectivity index (χ2n) is 2.34. The van der Waals surface area contributed by atoms with Gasteiger partial charge in [-0.3, -0.25) is 0 Å². The van der Waals surface area contributed by atoms with Crippen molar-refractivity contribution in [2.45, 2.75) is 19.4 Å². The minimum Gasteiger partial charge on any atom is -0.464 e. The number of carbonyl (C=O) groups is 1. The summed E-state index contributed by atoms with van der Waals surface area (Å²) in [4.78, 5) is 11.1. The van der Waals surface area contributed by atoms with E-state index in [2.05, 4.69) is 0 Å². The fourth-order valence-corrected chi connectivity index (χ4v) is 0.993. The molecule has 0 radical (unpaired) electrons. The molecule has 0 aromatic rings. The van der Waals surface area contributed by atoms with E-state index in [0.717, 1.165) is 0 Å². The van der Waals surface area contributed by atoms with Gasteiger partial charge in [0.1, 0.15) is 6.04 Å². The largest absolute Gasteiger partial charge is 0.464 e. The van der Waals surface area contributed by atoms with E-state index < -0.39 is 0 Å². The van der Waals surface area contributed by atoms with Gasteiger partial charge in [0.2, 0.25) is 0 Å². The van der Waals surface area contributed by atoms with Gasteiger partial charge in [-0.2, -0.15) is 0 Å². The highest BCUT2D eigenvalue weighted by atomic mass is 16.5. The third-order valence-electron chi connectivity index (χ3n) is 1.56. The average Bonchev–Trinajstić information content (AvgIpc) is 2.36. The summed E-state index contributed by atoms with van der Waals surface area (Å²) in [5.41, 5.74) is 0. The number of hydrazine groups is 1. The number of carbonyl (C=O) groups excluding carboxylic acids is 1. The summed E-state index contributed by atoms with van der Waals surface area (Å²) in [6.07, 6.45) is 4.18. The molecule has 0 saturated heterocycles. The first kappa shape index (κ1) is 8.07. The molecule has 0 amide bonds. The first-order valence-corrected chi connectivity index (χ1v) is 3.62. The molecule has 11 heavy (non-hydrogen) atoms. The Morgan fingerprint density at radius 2 is 2.64 bits per heavy atom. The Labute approximate surface area is 65.6 Å². The van der Waals surface area contributed by atoms with Crippen molar-refractivity contribution in [3.8, 4) is 0 Å². The molecule has 4 nitrogen and oxygen atoms in total. The van der Waals surface area contributed by atoms with Crippen molar-refractivity contribution >= 4 is 5.97 Å². The van der Waals surface area contributed by atoms with E-state index in [0.29, 0.717) is 13.0 Å². The van der Waals surface area contributed by atoms with Crippen molar-refractivity contribution in [2.24, 2.45) is 5.84 Å². The van der Waals surface area contributed by atoms with Gasteiger partial charge in [0.15, 0.2) is 0 Å². The summed E-state index contributed by atoms with van der Waals surface area (Å²) in [7, 11) is 0.